The largest absolute Gasteiger partial charge is 0.337 e. The molecule has 2 fully saturated rings. The number of carbonyl (C=O) groups excluding carboxylic acids is 3. The lowest BCUT2D eigenvalue weighted by Crippen LogP contribution is -2.45. The molecule has 0 saturated carbocycles. The van der Waals surface area contributed by atoms with Crippen molar-refractivity contribution >= 4 is 30.1 Å². The minimum Gasteiger partial charge on any atom is -0.337 e. The van der Waals surface area contributed by atoms with Gasteiger partial charge in [-0.2, -0.15) is 0 Å². The number of hydrogen-bond donors (Lipinski definition) is 1. The average molecular weight is 352 g/mol. The summed E-state index contributed by atoms with van der Waals surface area (Å²) in [6.07, 6.45) is 2.49. The normalized spacial score (nSPS) is 21.0. The summed E-state index contributed by atoms with van der Waals surface area (Å²) in [5.41, 5.74) is 7.38. The SMILES string of the molecule is Cl.NC1CCCN(C(=O)c2ccc(CN3C(=O)CCC3=O)cc2)C1. The summed E-state index contributed by atoms with van der Waals surface area (Å²) in [5.74, 6) is -0.269. The molecule has 0 aromatic heterocycles. The molecular formula is C17H22ClN3O3. The van der Waals surface area contributed by atoms with Gasteiger partial charge >= 0.3 is 0 Å². The second-order valence-electron chi connectivity index (χ2n) is 6.22. The van der Waals surface area contributed by atoms with Gasteiger partial charge in [0.2, 0.25) is 11.8 Å². The van der Waals surface area contributed by atoms with Gasteiger partial charge < -0.3 is 10.6 Å². The van der Waals surface area contributed by atoms with Crippen molar-refractivity contribution in [2.75, 3.05) is 13.1 Å². The van der Waals surface area contributed by atoms with Gasteiger partial charge in [0.25, 0.3) is 5.91 Å². The van der Waals surface area contributed by atoms with Crippen molar-refractivity contribution in [2.24, 2.45) is 5.73 Å². The Morgan fingerprint density at radius 2 is 1.75 bits per heavy atom. The maximum Gasteiger partial charge on any atom is 0.253 e. The van der Waals surface area contributed by atoms with Gasteiger partial charge in [0.05, 0.1) is 6.54 Å². The molecule has 0 bridgehead atoms. The van der Waals surface area contributed by atoms with Crippen molar-refractivity contribution in [3.8, 4) is 0 Å². The predicted octanol–water partition coefficient (Wildman–Crippen LogP) is 1.32. The molecule has 2 aliphatic heterocycles. The molecule has 1 aromatic rings. The monoisotopic (exact) mass is 351 g/mol. The average Bonchev–Trinajstić information content (AvgIpc) is 2.87. The molecule has 0 spiro atoms. The van der Waals surface area contributed by atoms with E-state index >= 15 is 0 Å². The van der Waals surface area contributed by atoms with E-state index < -0.39 is 0 Å². The molecule has 1 unspecified atom stereocenters. The van der Waals surface area contributed by atoms with Crippen LogP contribution in [0.5, 0.6) is 0 Å². The molecule has 2 saturated heterocycles. The van der Waals surface area contributed by atoms with Crippen molar-refractivity contribution in [3.63, 3.8) is 0 Å². The summed E-state index contributed by atoms with van der Waals surface area (Å²) in [6.45, 7) is 1.61. The maximum absolute atomic E-state index is 12.5. The molecule has 0 aliphatic carbocycles. The second-order valence-corrected chi connectivity index (χ2v) is 6.22. The van der Waals surface area contributed by atoms with E-state index in [-0.39, 0.29) is 42.7 Å². The lowest BCUT2D eigenvalue weighted by Gasteiger charge is -2.30. The van der Waals surface area contributed by atoms with Crippen molar-refractivity contribution < 1.29 is 14.4 Å². The molecule has 3 rings (SSSR count). The van der Waals surface area contributed by atoms with Crippen molar-refractivity contribution in [1.29, 1.82) is 0 Å². The van der Waals surface area contributed by atoms with Crippen LogP contribution in [0.2, 0.25) is 0 Å². The molecule has 24 heavy (non-hydrogen) atoms. The lowest BCUT2D eigenvalue weighted by molar-refractivity contribution is -0.139. The van der Waals surface area contributed by atoms with Crippen LogP contribution in [0.3, 0.4) is 0 Å². The minimum atomic E-state index is -0.127. The summed E-state index contributed by atoms with van der Waals surface area (Å²) in [7, 11) is 0. The van der Waals surface area contributed by atoms with Gasteiger partial charge in [-0.05, 0) is 30.5 Å². The Labute approximate surface area is 147 Å². The van der Waals surface area contributed by atoms with Gasteiger partial charge in [0.15, 0.2) is 0 Å². The molecule has 2 N–H and O–H groups in total. The molecule has 3 amide bonds. The number of carbonyl (C=O) groups is 3. The topological polar surface area (TPSA) is 83.7 Å². The predicted molar refractivity (Wildman–Crippen MR) is 91.6 cm³/mol. The molecule has 130 valence electrons. The molecule has 6 nitrogen and oxygen atoms in total. The third kappa shape index (κ3) is 3.94. The molecular weight excluding hydrogens is 330 g/mol. The number of nitrogens with two attached hydrogens (primary N) is 1. The van der Waals surface area contributed by atoms with E-state index in [0.29, 0.717) is 24.9 Å². The summed E-state index contributed by atoms with van der Waals surface area (Å²) in [6, 6.07) is 7.16. The van der Waals surface area contributed by atoms with E-state index in [1.54, 1.807) is 29.2 Å². The Hall–Kier alpha value is -1.92. The van der Waals surface area contributed by atoms with E-state index in [2.05, 4.69) is 0 Å². The minimum absolute atomic E-state index is 0. The van der Waals surface area contributed by atoms with Gasteiger partial charge in [-0.1, -0.05) is 12.1 Å². The summed E-state index contributed by atoms with van der Waals surface area (Å²) in [4.78, 5) is 38.8. The van der Waals surface area contributed by atoms with Crippen LogP contribution in [0.4, 0.5) is 0 Å². The molecule has 7 heteroatoms. The highest BCUT2D eigenvalue weighted by Gasteiger charge is 2.28. The third-order valence-corrected chi connectivity index (χ3v) is 4.44. The highest BCUT2D eigenvalue weighted by molar-refractivity contribution is 6.01. The quantitative estimate of drug-likeness (QED) is 0.832. The molecule has 1 atom stereocenters. The molecule has 0 radical (unpaired) electrons. The van der Waals surface area contributed by atoms with Gasteiger partial charge in [-0.3, -0.25) is 19.3 Å². The second kappa shape index (κ2) is 7.77. The molecule has 2 heterocycles. The van der Waals surface area contributed by atoms with E-state index in [4.69, 9.17) is 5.73 Å². The van der Waals surface area contributed by atoms with Crippen molar-refractivity contribution in [2.45, 2.75) is 38.3 Å². The van der Waals surface area contributed by atoms with E-state index in [1.165, 1.54) is 4.90 Å². The number of amides is 3. The third-order valence-electron chi connectivity index (χ3n) is 4.44. The maximum atomic E-state index is 12.5. The standard InChI is InChI=1S/C17H21N3O3.ClH/c18-14-2-1-9-19(11-14)17(23)13-5-3-12(4-6-13)10-20-15(21)7-8-16(20)22;/h3-6,14H,1-2,7-11,18H2;1H. The number of rotatable bonds is 3. The Morgan fingerprint density at radius 3 is 2.33 bits per heavy atom. The van der Waals surface area contributed by atoms with Crippen LogP contribution in [0, 0.1) is 0 Å². The van der Waals surface area contributed by atoms with Crippen LogP contribution in [0.25, 0.3) is 0 Å². The Bertz CT molecular complexity index is 616. The first-order valence-corrected chi connectivity index (χ1v) is 8.01. The fraction of sp³-hybridized carbons (Fsp3) is 0.471. The number of benzene rings is 1. The van der Waals surface area contributed by atoms with Gasteiger partial charge in [-0.25, -0.2) is 0 Å². The Balaban J connectivity index is 0.00000208. The number of nitrogens with zero attached hydrogens (tertiary/aromatic N) is 2. The van der Waals surface area contributed by atoms with Crippen LogP contribution in [-0.2, 0) is 16.1 Å². The van der Waals surface area contributed by atoms with E-state index in [0.717, 1.165) is 24.9 Å². The summed E-state index contributed by atoms with van der Waals surface area (Å²) >= 11 is 0. The van der Waals surface area contributed by atoms with Gasteiger partial charge in [-0.15, -0.1) is 12.4 Å². The zero-order chi connectivity index (χ0) is 16.4. The first kappa shape index (κ1) is 18.4. The van der Waals surface area contributed by atoms with Gasteiger partial charge in [0.1, 0.15) is 0 Å². The highest BCUT2D eigenvalue weighted by Crippen LogP contribution is 2.17. The van der Waals surface area contributed by atoms with Crippen LogP contribution in [-0.4, -0.2) is 46.7 Å². The van der Waals surface area contributed by atoms with Crippen molar-refractivity contribution in [1.82, 2.24) is 9.80 Å². The van der Waals surface area contributed by atoms with E-state index in [1.807, 2.05) is 0 Å². The Morgan fingerprint density at radius 1 is 1.12 bits per heavy atom. The fourth-order valence-corrected chi connectivity index (χ4v) is 3.11. The lowest BCUT2D eigenvalue weighted by atomic mass is 10.0. The summed E-state index contributed by atoms with van der Waals surface area (Å²) < 4.78 is 0. The smallest absolute Gasteiger partial charge is 0.253 e. The van der Waals surface area contributed by atoms with Gasteiger partial charge in [0, 0.05) is 37.5 Å². The Kier molecular flexibility index (Phi) is 5.96. The first-order valence-electron chi connectivity index (χ1n) is 8.01. The first-order chi connectivity index (χ1) is 11.0. The number of piperidine rings is 1. The number of halogens is 1. The number of imide groups is 1. The van der Waals surface area contributed by atoms with Crippen molar-refractivity contribution in [3.05, 3.63) is 35.4 Å². The fourth-order valence-electron chi connectivity index (χ4n) is 3.11. The molecule has 1 aromatic carbocycles. The zero-order valence-corrected chi connectivity index (χ0v) is 14.3. The zero-order valence-electron chi connectivity index (χ0n) is 13.4. The van der Waals surface area contributed by atoms with Crippen LogP contribution in [0.1, 0.15) is 41.6 Å². The van der Waals surface area contributed by atoms with Crippen LogP contribution < -0.4 is 5.73 Å². The van der Waals surface area contributed by atoms with Crippen LogP contribution in [0.15, 0.2) is 24.3 Å². The molecule has 2 aliphatic rings. The summed E-state index contributed by atoms with van der Waals surface area (Å²) in [5, 5.41) is 0. The number of hydrogen-bond acceptors (Lipinski definition) is 4. The highest BCUT2D eigenvalue weighted by atomic mass is 35.5. The van der Waals surface area contributed by atoms with E-state index in [9.17, 15) is 14.4 Å². The van der Waals surface area contributed by atoms with Crippen LogP contribution >= 0.6 is 12.4 Å². The number of likely N-dealkylation sites (tertiary alicyclic amines) is 2.